The van der Waals surface area contributed by atoms with Crippen LogP contribution >= 0.6 is 24.0 Å². The minimum Gasteiger partial charge on any atom is -0.331 e. The molecule has 1 aromatic carbocycles. The molecule has 5 nitrogen and oxygen atoms in total. The summed E-state index contributed by atoms with van der Waals surface area (Å²) in [7, 11) is 0. The van der Waals surface area contributed by atoms with E-state index in [2.05, 4.69) is 10.6 Å². The Morgan fingerprint density at radius 3 is 2.84 bits per heavy atom. The van der Waals surface area contributed by atoms with Crippen LogP contribution < -0.4 is 10.6 Å². The van der Waals surface area contributed by atoms with Gasteiger partial charge in [-0.25, -0.2) is 0 Å². The highest BCUT2D eigenvalue weighted by atomic mass is 35.5. The number of hydrogen-bond donors (Lipinski definition) is 2. The van der Waals surface area contributed by atoms with Crippen LogP contribution in [0.2, 0.25) is 5.02 Å². The third-order valence-corrected chi connectivity index (χ3v) is 3.00. The Balaban J connectivity index is 0.00000180. The molecule has 1 aromatic rings. The van der Waals surface area contributed by atoms with Crippen molar-refractivity contribution >= 4 is 41.5 Å². The van der Waals surface area contributed by atoms with Gasteiger partial charge >= 0.3 is 0 Å². The van der Waals surface area contributed by atoms with E-state index in [-0.39, 0.29) is 30.8 Å². The number of amides is 2. The minimum absolute atomic E-state index is 0. The van der Waals surface area contributed by atoms with Gasteiger partial charge in [-0.2, -0.15) is 0 Å². The molecule has 0 aromatic heterocycles. The average Bonchev–Trinajstić information content (AvgIpc) is 2.35. The summed E-state index contributed by atoms with van der Waals surface area (Å²) in [5.74, 6) is -0.297. The number of para-hydroxylation sites is 1. The van der Waals surface area contributed by atoms with Crippen molar-refractivity contribution in [2.75, 3.05) is 31.5 Å². The first-order chi connectivity index (χ1) is 8.66. The quantitative estimate of drug-likeness (QED) is 0.880. The molecule has 0 aliphatic carbocycles. The molecular formula is C12H15Cl2N3O2. The van der Waals surface area contributed by atoms with Crippen molar-refractivity contribution in [1.29, 1.82) is 0 Å². The molecule has 1 aliphatic rings. The molecule has 19 heavy (non-hydrogen) atoms. The van der Waals surface area contributed by atoms with Gasteiger partial charge in [-0.3, -0.25) is 9.59 Å². The van der Waals surface area contributed by atoms with E-state index in [0.29, 0.717) is 30.3 Å². The second-order valence-electron chi connectivity index (χ2n) is 4.02. The molecule has 0 radical (unpaired) electrons. The van der Waals surface area contributed by atoms with Crippen molar-refractivity contribution in [1.82, 2.24) is 10.2 Å². The number of nitrogens with one attached hydrogen (secondary N) is 2. The lowest BCUT2D eigenvalue weighted by molar-refractivity contribution is -0.135. The van der Waals surface area contributed by atoms with Gasteiger partial charge in [0.1, 0.15) is 0 Å². The lowest BCUT2D eigenvalue weighted by Crippen LogP contribution is -2.50. The number of carbonyl (C=O) groups excluding carboxylic acids is 2. The summed E-state index contributed by atoms with van der Waals surface area (Å²) >= 11 is 5.93. The molecule has 1 fully saturated rings. The first kappa shape index (κ1) is 15.8. The Labute approximate surface area is 122 Å². The Kier molecular flexibility index (Phi) is 6.08. The van der Waals surface area contributed by atoms with Crippen LogP contribution in [0.3, 0.4) is 0 Å². The number of carbonyl (C=O) groups is 2. The van der Waals surface area contributed by atoms with Crippen molar-refractivity contribution in [3.63, 3.8) is 0 Å². The second-order valence-corrected chi connectivity index (χ2v) is 4.43. The molecule has 0 saturated carbocycles. The number of halogens is 2. The summed E-state index contributed by atoms with van der Waals surface area (Å²) in [4.78, 5) is 24.8. The lowest BCUT2D eigenvalue weighted by atomic mass is 10.3. The minimum atomic E-state index is -0.238. The molecule has 2 amide bonds. The van der Waals surface area contributed by atoms with Gasteiger partial charge in [-0.1, -0.05) is 23.7 Å². The maximum atomic E-state index is 11.8. The van der Waals surface area contributed by atoms with E-state index in [1.807, 2.05) is 0 Å². The largest absolute Gasteiger partial charge is 0.331 e. The fourth-order valence-electron chi connectivity index (χ4n) is 1.74. The van der Waals surface area contributed by atoms with E-state index < -0.39 is 0 Å². The van der Waals surface area contributed by atoms with Crippen LogP contribution in [0, 0.1) is 0 Å². The summed E-state index contributed by atoms with van der Waals surface area (Å²) in [6.45, 7) is 1.62. The SMILES string of the molecule is Cl.O=C(CN1CCNCC1=O)Nc1ccccc1Cl. The average molecular weight is 304 g/mol. The summed E-state index contributed by atoms with van der Waals surface area (Å²) in [5.41, 5.74) is 0.562. The maximum Gasteiger partial charge on any atom is 0.244 e. The molecule has 1 saturated heterocycles. The third-order valence-electron chi connectivity index (χ3n) is 2.67. The summed E-state index contributed by atoms with van der Waals surface area (Å²) in [5, 5.41) is 6.13. The normalized spacial score (nSPS) is 14.8. The first-order valence-electron chi connectivity index (χ1n) is 5.69. The molecule has 1 heterocycles. The zero-order chi connectivity index (χ0) is 13.0. The van der Waals surface area contributed by atoms with Crippen molar-refractivity contribution in [2.45, 2.75) is 0 Å². The zero-order valence-electron chi connectivity index (χ0n) is 10.2. The van der Waals surface area contributed by atoms with Crippen LogP contribution in [0.5, 0.6) is 0 Å². The molecule has 1 aliphatic heterocycles. The fraction of sp³-hybridized carbons (Fsp3) is 0.333. The van der Waals surface area contributed by atoms with Gasteiger partial charge < -0.3 is 15.5 Å². The van der Waals surface area contributed by atoms with E-state index in [1.165, 1.54) is 4.90 Å². The Hall–Kier alpha value is -1.30. The van der Waals surface area contributed by atoms with Crippen LogP contribution in [0.25, 0.3) is 0 Å². The Morgan fingerprint density at radius 1 is 1.42 bits per heavy atom. The highest BCUT2D eigenvalue weighted by Crippen LogP contribution is 2.20. The molecular weight excluding hydrogens is 289 g/mol. The predicted octanol–water partition coefficient (Wildman–Crippen LogP) is 1.13. The number of nitrogens with zero attached hydrogens (tertiary/aromatic N) is 1. The van der Waals surface area contributed by atoms with Crippen LogP contribution in [-0.4, -0.2) is 42.9 Å². The van der Waals surface area contributed by atoms with E-state index in [9.17, 15) is 9.59 Å². The van der Waals surface area contributed by atoms with Crippen LogP contribution in [0.1, 0.15) is 0 Å². The van der Waals surface area contributed by atoms with E-state index in [4.69, 9.17) is 11.6 Å². The van der Waals surface area contributed by atoms with Crippen molar-refractivity contribution in [3.8, 4) is 0 Å². The molecule has 0 atom stereocenters. The molecule has 2 rings (SSSR count). The smallest absolute Gasteiger partial charge is 0.244 e. The fourth-order valence-corrected chi connectivity index (χ4v) is 1.92. The van der Waals surface area contributed by atoms with Gasteiger partial charge in [0.15, 0.2) is 0 Å². The molecule has 7 heteroatoms. The van der Waals surface area contributed by atoms with Gasteiger partial charge in [0.25, 0.3) is 0 Å². The topological polar surface area (TPSA) is 61.4 Å². The highest BCUT2D eigenvalue weighted by Gasteiger charge is 2.20. The third kappa shape index (κ3) is 4.38. The van der Waals surface area contributed by atoms with Crippen molar-refractivity contribution < 1.29 is 9.59 Å². The Morgan fingerprint density at radius 2 is 2.16 bits per heavy atom. The van der Waals surface area contributed by atoms with Gasteiger partial charge in [-0.05, 0) is 12.1 Å². The second kappa shape index (κ2) is 7.33. The van der Waals surface area contributed by atoms with Crippen LogP contribution in [0.15, 0.2) is 24.3 Å². The van der Waals surface area contributed by atoms with Gasteiger partial charge in [0.05, 0.1) is 23.8 Å². The van der Waals surface area contributed by atoms with Crippen molar-refractivity contribution in [2.24, 2.45) is 0 Å². The summed E-state index contributed by atoms with van der Waals surface area (Å²) in [6.07, 6.45) is 0. The molecule has 2 N–H and O–H groups in total. The number of benzene rings is 1. The van der Waals surface area contributed by atoms with Gasteiger partial charge in [-0.15, -0.1) is 12.4 Å². The molecule has 104 valence electrons. The number of hydrogen-bond acceptors (Lipinski definition) is 3. The molecule has 0 spiro atoms. The van der Waals surface area contributed by atoms with E-state index in [0.717, 1.165) is 0 Å². The number of rotatable bonds is 3. The van der Waals surface area contributed by atoms with E-state index in [1.54, 1.807) is 24.3 Å². The van der Waals surface area contributed by atoms with Gasteiger partial charge in [0, 0.05) is 13.1 Å². The molecule has 0 unspecified atom stereocenters. The number of anilines is 1. The standard InChI is InChI=1S/C12H14ClN3O2.ClH/c13-9-3-1-2-4-10(9)15-11(17)8-16-6-5-14-7-12(16)18;/h1-4,14H,5-8H2,(H,15,17);1H. The monoisotopic (exact) mass is 303 g/mol. The molecule has 0 bridgehead atoms. The van der Waals surface area contributed by atoms with Crippen LogP contribution in [0.4, 0.5) is 5.69 Å². The van der Waals surface area contributed by atoms with Crippen molar-refractivity contribution in [3.05, 3.63) is 29.3 Å². The van der Waals surface area contributed by atoms with E-state index >= 15 is 0 Å². The van der Waals surface area contributed by atoms with Gasteiger partial charge in [0.2, 0.25) is 11.8 Å². The number of piperazine rings is 1. The highest BCUT2D eigenvalue weighted by molar-refractivity contribution is 6.33. The predicted molar refractivity (Wildman–Crippen MR) is 76.8 cm³/mol. The first-order valence-corrected chi connectivity index (χ1v) is 6.07. The van der Waals surface area contributed by atoms with Crippen LogP contribution in [-0.2, 0) is 9.59 Å². The lowest BCUT2D eigenvalue weighted by Gasteiger charge is -2.26. The Bertz CT molecular complexity index is 468. The summed E-state index contributed by atoms with van der Waals surface area (Å²) in [6, 6.07) is 7.00. The summed E-state index contributed by atoms with van der Waals surface area (Å²) < 4.78 is 0. The maximum absolute atomic E-state index is 11.8. The zero-order valence-corrected chi connectivity index (χ0v) is 11.8.